The summed E-state index contributed by atoms with van der Waals surface area (Å²) in [6, 6.07) is 13.2. The topological polar surface area (TPSA) is 84.9 Å². The molecule has 1 N–H and O–H groups in total. The molecule has 0 unspecified atom stereocenters. The lowest BCUT2D eigenvalue weighted by Crippen LogP contribution is -2.41. The number of nitrogens with zero attached hydrogens (tertiary/aromatic N) is 1. The molecule has 0 atom stereocenters. The molecule has 2 aromatic rings. The highest BCUT2D eigenvalue weighted by Gasteiger charge is 2.29. The third-order valence-electron chi connectivity index (χ3n) is 3.88. The Bertz CT molecular complexity index is 866. The number of aryl methyl sites for hydroxylation is 1. The first-order chi connectivity index (χ1) is 12.9. The number of benzene rings is 2. The minimum atomic E-state index is -3.97. The van der Waals surface area contributed by atoms with Crippen molar-refractivity contribution < 1.29 is 22.7 Å². The predicted molar refractivity (Wildman–Crippen MR) is 104 cm³/mol. The third-order valence-corrected chi connectivity index (χ3v) is 5.65. The number of amides is 1. The summed E-state index contributed by atoms with van der Waals surface area (Å²) in [5, 5.41) is 2.64. The van der Waals surface area contributed by atoms with Crippen LogP contribution in [0, 0.1) is 6.92 Å². The van der Waals surface area contributed by atoms with Crippen LogP contribution in [0.2, 0.25) is 0 Å². The number of para-hydroxylation sites is 2. The largest absolute Gasteiger partial charge is 0.495 e. The molecule has 0 saturated heterocycles. The van der Waals surface area contributed by atoms with E-state index in [9.17, 15) is 13.2 Å². The van der Waals surface area contributed by atoms with Gasteiger partial charge in [0.1, 0.15) is 12.3 Å². The lowest BCUT2D eigenvalue weighted by Gasteiger charge is -2.25. The second-order valence-electron chi connectivity index (χ2n) is 5.84. The summed E-state index contributed by atoms with van der Waals surface area (Å²) in [4.78, 5) is 12.4. The van der Waals surface area contributed by atoms with Gasteiger partial charge in [-0.05, 0) is 31.2 Å². The van der Waals surface area contributed by atoms with Crippen LogP contribution in [-0.4, -0.2) is 48.2 Å². The quantitative estimate of drug-likeness (QED) is 0.660. The average molecular weight is 392 g/mol. The lowest BCUT2D eigenvalue weighted by molar-refractivity contribution is -0.119. The lowest BCUT2D eigenvalue weighted by atomic mass is 10.2. The van der Waals surface area contributed by atoms with Gasteiger partial charge in [0.25, 0.3) is 10.0 Å². The Balaban J connectivity index is 2.42. The first-order valence-corrected chi connectivity index (χ1v) is 9.82. The van der Waals surface area contributed by atoms with Gasteiger partial charge in [-0.15, -0.1) is 0 Å². The summed E-state index contributed by atoms with van der Waals surface area (Å²) in [6.45, 7) is 2.13. The van der Waals surface area contributed by atoms with Crippen molar-refractivity contribution in [1.82, 2.24) is 5.32 Å². The highest BCUT2D eigenvalue weighted by Crippen LogP contribution is 2.32. The number of carbonyl (C=O) groups excluding carboxylic acids is 1. The van der Waals surface area contributed by atoms with Crippen LogP contribution in [-0.2, 0) is 19.6 Å². The number of methoxy groups -OCH3 is 2. The van der Waals surface area contributed by atoms with Gasteiger partial charge in [-0.25, -0.2) is 8.42 Å². The Morgan fingerprint density at radius 3 is 2.37 bits per heavy atom. The van der Waals surface area contributed by atoms with Crippen molar-refractivity contribution in [2.45, 2.75) is 11.8 Å². The monoisotopic (exact) mass is 392 g/mol. The van der Waals surface area contributed by atoms with E-state index >= 15 is 0 Å². The maximum atomic E-state index is 13.2. The van der Waals surface area contributed by atoms with E-state index in [-0.39, 0.29) is 11.4 Å². The first-order valence-electron chi connectivity index (χ1n) is 8.38. The molecule has 1 amide bonds. The molecule has 0 saturated carbocycles. The number of ether oxygens (including phenoxy) is 2. The number of hydrogen-bond acceptors (Lipinski definition) is 5. The summed E-state index contributed by atoms with van der Waals surface area (Å²) in [7, 11) is -0.992. The van der Waals surface area contributed by atoms with Crippen molar-refractivity contribution in [2.75, 3.05) is 38.2 Å². The van der Waals surface area contributed by atoms with Gasteiger partial charge in [-0.1, -0.05) is 29.8 Å². The molecule has 2 rings (SSSR count). The van der Waals surface area contributed by atoms with Gasteiger partial charge in [0.2, 0.25) is 5.91 Å². The molecule has 0 heterocycles. The molecule has 2 aromatic carbocycles. The van der Waals surface area contributed by atoms with Gasteiger partial charge in [-0.3, -0.25) is 9.10 Å². The number of sulfonamides is 1. The zero-order chi connectivity index (χ0) is 19.9. The fourth-order valence-electron chi connectivity index (χ4n) is 2.45. The molecule has 0 fully saturated rings. The van der Waals surface area contributed by atoms with E-state index in [1.165, 1.54) is 26.4 Å². The van der Waals surface area contributed by atoms with Crippen LogP contribution in [0.5, 0.6) is 5.75 Å². The van der Waals surface area contributed by atoms with Crippen LogP contribution in [0.1, 0.15) is 5.56 Å². The Morgan fingerprint density at radius 1 is 1.07 bits per heavy atom. The van der Waals surface area contributed by atoms with Gasteiger partial charge in [0.05, 0.1) is 24.3 Å². The van der Waals surface area contributed by atoms with E-state index in [0.29, 0.717) is 24.6 Å². The number of nitrogens with one attached hydrogen (secondary N) is 1. The van der Waals surface area contributed by atoms with Crippen molar-refractivity contribution in [2.24, 2.45) is 0 Å². The van der Waals surface area contributed by atoms with Gasteiger partial charge in [-0.2, -0.15) is 0 Å². The smallest absolute Gasteiger partial charge is 0.264 e. The summed E-state index contributed by atoms with van der Waals surface area (Å²) in [6.07, 6.45) is 0. The van der Waals surface area contributed by atoms with Gasteiger partial charge >= 0.3 is 0 Å². The molecule has 146 valence electrons. The van der Waals surface area contributed by atoms with Gasteiger partial charge < -0.3 is 14.8 Å². The van der Waals surface area contributed by atoms with Gasteiger partial charge in [0, 0.05) is 13.7 Å². The Hall–Kier alpha value is -2.58. The normalized spacial score (nSPS) is 11.1. The fraction of sp³-hybridized carbons (Fsp3) is 0.316. The van der Waals surface area contributed by atoms with Crippen LogP contribution < -0.4 is 14.4 Å². The first kappa shape index (κ1) is 20.7. The Morgan fingerprint density at radius 2 is 1.74 bits per heavy atom. The zero-order valence-corrected chi connectivity index (χ0v) is 16.5. The van der Waals surface area contributed by atoms with E-state index in [1.54, 1.807) is 36.4 Å². The molecule has 0 aliphatic rings. The van der Waals surface area contributed by atoms with Gasteiger partial charge in [0.15, 0.2) is 0 Å². The minimum Gasteiger partial charge on any atom is -0.495 e. The number of rotatable bonds is 9. The zero-order valence-electron chi connectivity index (χ0n) is 15.6. The molecule has 0 radical (unpaired) electrons. The van der Waals surface area contributed by atoms with Crippen molar-refractivity contribution >= 4 is 21.6 Å². The third kappa shape index (κ3) is 5.21. The maximum Gasteiger partial charge on any atom is 0.264 e. The van der Waals surface area contributed by atoms with E-state index in [2.05, 4.69) is 5.32 Å². The van der Waals surface area contributed by atoms with E-state index in [0.717, 1.165) is 9.87 Å². The Kier molecular flexibility index (Phi) is 7.20. The fourth-order valence-corrected chi connectivity index (χ4v) is 3.88. The summed E-state index contributed by atoms with van der Waals surface area (Å²) < 4.78 is 37.7. The molecule has 0 bridgehead atoms. The average Bonchev–Trinajstić information content (AvgIpc) is 2.66. The predicted octanol–water partition coefficient (Wildman–Crippen LogP) is 1.96. The summed E-state index contributed by atoms with van der Waals surface area (Å²) >= 11 is 0. The molecular formula is C19H24N2O5S. The van der Waals surface area contributed by atoms with Crippen LogP contribution in [0.4, 0.5) is 5.69 Å². The molecule has 0 aliphatic carbocycles. The SMILES string of the molecule is COCCNC(=O)CN(c1ccccc1OC)S(=O)(=O)c1ccc(C)cc1. The van der Waals surface area contributed by atoms with Crippen LogP contribution in [0.3, 0.4) is 0 Å². The van der Waals surface area contributed by atoms with Crippen molar-refractivity contribution in [3.63, 3.8) is 0 Å². The van der Waals surface area contributed by atoms with Crippen molar-refractivity contribution in [3.8, 4) is 5.75 Å². The molecule has 8 heteroatoms. The molecule has 0 aromatic heterocycles. The van der Waals surface area contributed by atoms with E-state index in [1.807, 2.05) is 6.92 Å². The van der Waals surface area contributed by atoms with E-state index < -0.39 is 15.9 Å². The second kappa shape index (κ2) is 9.38. The standard InChI is InChI=1S/C19H24N2O5S/c1-15-8-10-16(11-9-15)27(23,24)21(14-19(22)20-12-13-25-2)17-6-4-5-7-18(17)26-3/h4-11H,12-14H2,1-3H3,(H,20,22). The Labute approximate surface area is 160 Å². The minimum absolute atomic E-state index is 0.101. The summed E-state index contributed by atoms with van der Waals surface area (Å²) in [5.41, 5.74) is 1.23. The number of hydrogen-bond donors (Lipinski definition) is 1. The van der Waals surface area contributed by atoms with Crippen molar-refractivity contribution in [3.05, 3.63) is 54.1 Å². The second-order valence-corrected chi connectivity index (χ2v) is 7.70. The number of carbonyl (C=O) groups is 1. The highest BCUT2D eigenvalue weighted by atomic mass is 32.2. The molecular weight excluding hydrogens is 368 g/mol. The number of anilines is 1. The van der Waals surface area contributed by atoms with E-state index in [4.69, 9.17) is 9.47 Å². The molecule has 0 aliphatic heterocycles. The summed E-state index contributed by atoms with van der Waals surface area (Å²) in [5.74, 6) is -0.0773. The van der Waals surface area contributed by atoms with Crippen LogP contribution >= 0.6 is 0 Å². The van der Waals surface area contributed by atoms with Crippen LogP contribution in [0.25, 0.3) is 0 Å². The van der Waals surface area contributed by atoms with Crippen LogP contribution in [0.15, 0.2) is 53.4 Å². The molecule has 7 nitrogen and oxygen atoms in total. The maximum absolute atomic E-state index is 13.2. The molecule has 0 spiro atoms. The highest BCUT2D eigenvalue weighted by molar-refractivity contribution is 7.92. The van der Waals surface area contributed by atoms with Crippen molar-refractivity contribution in [1.29, 1.82) is 0 Å². The molecule has 27 heavy (non-hydrogen) atoms.